The highest BCUT2D eigenvalue weighted by molar-refractivity contribution is 5.52. The lowest BCUT2D eigenvalue weighted by Gasteiger charge is -2.29. The summed E-state index contributed by atoms with van der Waals surface area (Å²) in [7, 11) is 1.99. The number of piperidine rings is 1. The van der Waals surface area contributed by atoms with Gasteiger partial charge in [-0.1, -0.05) is 5.10 Å². The Morgan fingerprint density at radius 1 is 1.15 bits per heavy atom. The molecule has 5 heterocycles. The largest absolute Gasteiger partial charge is 0.403 e. The third-order valence-electron chi connectivity index (χ3n) is 4.39. The maximum absolute atomic E-state index is 5.90. The van der Waals surface area contributed by atoms with Crippen molar-refractivity contribution < 1.29 is 4.42 Å². The topological polar surface area (TPSA) is 50.3 Å². The molecule has 0 aliphatic carbocycles. The van der Waals surface area contributed by atoms with Crippen LogP contribution in [0.15, 0.2) is 22.9 Å². The van der Waals surface area contributed by atoms with Gasteiger partial charge >= 0.3 is 6.01 Å². The molecule has 0 unspecified atom stereocenters. The highest BCUT2D eigenvalue weighted by Gasteiger charge is 2.31. The molecule has 3 aliphatic rings. The van der Waals surface area contributed by atoms with Crippen LogP contribution in [0, 0.1) is 0 Å². The highest BCUT2D eigenvalue weighted by atomic mass is 16.4. The first kappa shape index (κ1) is 12.0. The maximum atomic E-state index is 5.90. The predicted octanol–water partition coefficient (Wildman–Crippen LogP) is 1.36. The molecule has 0 N–H and O–H groups in total. The minimum Gasteiger partial charge on any atom is -0.403 e. The Hall–Kier alpha value is -1.82. The van der Waals surface area contributed by atoms with Gasteiger partial charge in [0.25, 0.3) is 5.89 Å². The van der Waals surface area contributed by atoms with E-state index in [0.29, 0.717) is 17.9 Å². The number of hydrogen-bond donors (Lipinski definition) is 0. The average Bonchev–Trinajstić information content (AvgIpc) is 3.01. The fraction of sp³-hybridized carbons (Fsp3) is 0.571. The summed E-state index contributed by atoms with van der Waals surface area (Å²) >= 11 is 0. The van der Waals surface area contributed by atoms with E-state index < -0.39 is 0 Å². The quantitative estimate of drug-likeness (QED) is 0.827. The number of fused-ring (bicyclic) bond motifs is 4. The van der Waals surface area contributed by atoms with Gasteiger partial charge in [0.05, 0.1) is 5.56 Å². The summed E-state index contributed by atoms with van der Waals surface area (Å²) in [5, 5.41) is 8.47. The summed E-state index contributed by atoms with van der Waals surface area (Å²) in [5.41, 5.74) is 0.981. The Labute approximate surface area is 118 Å². The van der Waals surface area contributed by atoms with Crippen LogP contribution >= 0.6 is 0 Å². The molecular weight excluding hydrogens is 254 g/mol. The first-order valence-electron chi connectivity index (χ1n) is 7.24. The van der Waals surface area contributed by atoms with Gasteiger partial charge in [0.15, 0.2) is 0 Å². The molecule has 2 aromatic heterocycles. The van der Waals surface area contributed by atoms with Gasteiger partial charge in [-0.2, -0.15) is 0 Å². The molecule has 20 heavy (non-hydrogen) atoms. The predicted molar refractivity (Wildman–Crippen MR) is 75.5 cm³/mol. The lowest BCUT2D eigenvalue weighted by Crippen LogP contribution is -2.38. The molecule has 0 spiro atoms. The van der Waals surface area contributed by atoms with E-state index in [1.54, 1.807) is 0 Å². The van der Waals surface area contributed by atoms with Crippen molar-refractivity contribution in [3.8, 4) is 11.5 Å². The zero-order valence-electron chi connectivity index (χ0n) is 11.7. The van der Waals surface area contributed by atoms with E-state index in [-0.39, 0.29) is 0 Å². The molecular formula is C14H19N5O. The van der Waals surface area contributed by atoms with E-state index in [9.17, 15) is 0 Å². The molecule has 3 fully saturated rings. The van der Waals surface area contributed by atoms with Crippen molar-refractivity contribution in [3.05, 3.63) is 18.5 Å². The molecule has 5 rings (SSSR count). The van der Waals surface area contributed by atoms with Crippen LogP contribution in [0.2, 0.25) is 0 Å². The van der Waals surface area contributed by atoms with Gasteiger partial charge in [-0.3, -0.25) is 0 Å². The molecule has 3 aliphatic heterocycles. The summed E-state index contributed by atoms with van der Waals surface area (Å²) in [5.74, 6) is 0.611. The van der Waals surface area contributed by atoms with E-state index in [1.165, 1.54) is 25.9 Å². The summed E-state index contributed by atoms with van der Waals surface area (Å²) in [6.07, 6.45) is 6.38. The van der Waals surface area contributed by atoms with Crippen molar-refractivity contribution in [1.82, 2.24) is 19.7 Å². The van der Waals surface area contributed by atoms with Crippen molar-refractivity contribution in [2.45, 2.75) is 18.9 Å². The molecule has 0 atom stereocenters. The first-order valence-corrected chi connectivity index (χ1v) is 7.24. The van der Waals surface area contributed by atoms with Crippen LogP contribution in [-0.4, -0.2) is 51.9 Å². The van der Waals surface area contributed by atoms with Crippen LogP contribution in [0.5, 0.6) is 0 Å². The molecule has 6 heteroatoms. The van der Waals surface area contributed by atoms with E-state index in [4.69, 9.17) is 4.42 Å². The monoisotopic (exact) mass is 273 g/mol. The van der Waals surface area contributed by atoms with Gasteiger partial charge < -0.3 is 18.8 Å². The van der Waals surface area contributed by atoms with Gasteiger partial charge in [-0.25, -0.2) is 0 Å². The van der Waals surface area contributed by atoms with Crippen LogP contribution in [0.1, 0.15) is 12.8 Å². The first-order chi connectivity index (χ1) is 9.79. The molecule has 0 aromatic carbocycles. The summed E-state index contributed by atoms with van der Waals surface area (Å²) in [4.78, 5) is 4.82. The SMILES string of the molecule is Cn1ccc(-c2nnc(N3CCN4CCC3CC4)o2)c1. The van der Waals surface area contributed by atoms with Crippen LogP contribution in [0.3, 0.4) is 0 Å². The number of anilines is 1. The van der Waals surface area contributed by atoms with E-state index in [2.05, 4.69) is 20.0 Å². The van der Waals surface area contributed by atoms with Crippen molar-refractivity contribution in [1.29, 1.82) is 0 Å². The second-order valence-corrected chi connectivity index (χ2v) is 5.72. The van der Waals surface area contributed by atoms with Crippen LogP contribution in [0.4, 0.5) is 6.01 Å². The number of aromatic nitrogens is 3. The summed E-state index contributed by atoms with van der Waals surface area (Å²) < 4.78 is 7.89. The molecule has 0 saturated carbocycles. The summed E-state index contributed by atoms with van der Waals surface area (Å²) in [6, 6.07) is 3.23. The van der Waals surface area contributed by atoms with Crippen molar-refractivity contribution in [3.63, 3.8) is 0 Å². The Morgan fingerprint density at radius 2 is 2.00 bits per heavy atom. The molecule has 2 bridgehead atoms. The fourth-order valence-electron chi connectivity index (χ4n) is 3.22. The lowest BCUT2D eigenvalue weighted by atomic mass is 10.1. The van der Waals surface area contributed by atoms with Crippen LogP contribution < -0.4 is 4.90 Å². The van der Waals surface area contributed by atoms with Crippen molar-refractivity contribution in [2.24, 2.45) is 7.05 Å². The second-order valence-electron chi connectivity index (χ2n) is 5.72. The highest BCUT2D eigenvalue weighted by Crippen LogP contribution is 2.28. The van der Waals surface area contributed by atoms with Gasteiger partial charge in [0.1, 0.15) is 0 Å². The lowest BCUT2D eigenvalue weighted by molar-refractivity contribution is 0.249. The maximum Gasteiger partial charge on any atom is 0.318 e. The van der Waals surface area contributed by atoms with E-state index in [0.717, 1.165) is 18.7 Å². The zero-order chi connectivity index (χ0) is 13.5. The Morgan fingerprint density at radius 3 is 2.75 bits per heavy atom. The number of rotatable bonds is 2. The zero-order valence-corrected chi connectivity index (χ0v) is 11.7. The summed E-state index contributed by atoms with van der Waals surface area (Å²) in [6.45, 7) is 4.47. The minimum atomic E-state index is 0.554. The minimum absolute atomic E-state index is 0.554. The van der Waals surface area contributed by atoms with Crippen LogP contribution in [-0.2, 0) is 7.05 Å². The molecule has 3 saturated heterocycles. The van der Waals surface area contributed by atoms with E-state index in [1.807, 2.05) is 30.1 Å². The number of nitrogens with zero attached hydrogens (tertiary/aromatic N) is 5. The van der Waals surface area contributed by atoms with E-state index >= 15 is 0 Å². The number of hydrogen-bond acceptors (Lipinski definition) is 5. The third kappa shape index (κ3) is 2.00. The standard InChI is InChI=1S/C14H19N5O/c1-17-5-2-11(10-17)13-15-16-14(20-13)19-9-8-18-6-3-12(19)4-7-18/h2,5,10,12H,3-4,6-9H2,1H3. The average molecular weight is 273 g/mol. The fourth-order valence-corrected chi connectivity index (χ4v) is 3.22. The molecule has 0 radical (unpaired) electrons. The molecule has 0 amide bonds. The van der Waals surface area contributed by atoms with Crippen molar-refractivity contribution >= 4 is 6.01 Å². The van der Waals surface area contributed by atoms with Crippen molar-refractivity contribution in [2.75, 3.05) is 31.1 Å². The molecule has 6 nitrogen and oxygen atoms in total. The Kier molecular flexibility index (Phi) is 2.77. The normalized spacial score (nSPS) is 25.9. The molecule has 106 valence electrons. The second kappa shape index (κ2) is 4.63. The Balaban J connectivity index is 1.61. The van der Waals surface area contributed by atoms with Gasteiger partial charge in [0, 0.05) is 51.7 Å². The Bertz CT molecular complexity index is 596. The smallest absolute Gasteiger partial charge is 0.318 e. The third-order valence-corrected chi connectivity index (χ3v) is 4.39. The number of aryl methyl sites for hydroxylation is 1. The van der Waals surface area contributed by atoms with Crippen LogP contribution in [0.25, 0.3) is 11.5 Å². The van der Waals surface area contributed by atoms with Gasteiger partial charge in [0.2, 0.25) is 0 Å². The van der Waals surface area contributed by atoms with Gasteiger partial charge in [-0.15, -0.1) is 5.10 Å². The van der Waals surface area contributed by atoms with Gasteiger partial charge in [-0.05, 0) is 18.9 Å². The molecule has 2 aromatic rings.